The maximum Gasteiger partial charge on any atom is 0.147 e. The minimum atomic E-state index is 0.745. The van der Waals surface area contributed by atoms with Gasteiger partial charge in [0.25, 0.3) is 0 Å². The number of fused-ring (bicyclic) bond motifs is 1. The average molecular weight is 433 g/mol. The summed E-state index contributed by atoms with van der Waals surface area (Å²) in [5, 5.41) is 15.4. The summed E-state index contributed by atoms with van der Waals surface area (Å²) in [6.45, 7) is 7.77. The molecule has 2 aromatic heterocycles. The topological polar surface area (TPSA) is 89.1 Å². The number of aryl methyl sites for hydroxylation is 1. The Labute approximate surface area is 188 Å². The van der Waals surface area contributed by atoms with Gasteiger partial charge in [0, 0.05) is 47.9 Å². The number of nitrogens with zero attached hydrogens (tertiary/aromatic N) is 4. The number of terminal acetylenes is 1. The predicted octanol–water partition coefficient (Wildman–Crippen LogP) is 4.61. The molecule has 0 aliphatic heterocycles. The van der Waals surface area contributed by atoms with E-state index in [0.717, 1.165) is 43.3 Å². The molecule has 0 radical (unpaired) electrons. The van der Waals surface area contributed by atoms with E-state index in [4.69, 9.17) is 0 Å². The molecule has 0 atom stereocenters. The van der Waals surface area contributed by atoms with Gasteiger partial charge in [-0.15, -0.1) is 23.0 Å². The molecule has 6 nitrogen and oxygen atoms in total. The van der Waals surface area contributed by atoms with Crippen LogP contribution in [-0.4, -0.2) is 35.5 Å². The van der Waals surface area contributed by atoms with Gasteiger partial charge in [0.15, 0.2) is 0 Å². The third-order valence-electron chi connectivity index (χ3n) is 3.90. The van der Waals surface area contributed by atoms with E-state index in [1.165, 1.54) is 7.05 Å². The number of pyridine rings is 1. The van der Waals surface area contributed by atoms with E-state index in [2.05, 4.69) is 74.9 Å². The summed E-state index contributed by atoms with van der Waals surface area (Å²) in [6.07, 6.45) is 17.3. The molecular weight excluding hydrogens is 404 g/mol. The Kier molecular flexibility index (Phi) is 11.2. The van der Waals surface area contributed by atoms with Crippen molar-refractivity contribution in [1.82, 2.24) is 20.5 Å². The molecule has 0 bridgehead atoms. The predicted molar refractivity (Wildman–Crippen MR) is 135 cm³/mol. The van der Waals surface area contributed by atoms with Crippen LogP contribution in [0.25, 0.3) is 26.9 Å². The second-order valence-electron chi connectivity index (χ2n) is 5.90. The van der Waals surface area contributed by atoms with E-state index >= 15 is 0 Å². The van der Waals surface area contributed by atoms with Gasteiger partial charge in [-0.2, -0.15) is 0 Å². The summed E-state index contributed by atoms with van der Waals surface area (Å²) in [4.78, 5) is 8.92. The largest absolute Gasteiger partial charge is 0.387 e. The van der Waals surface area contributed by atoms with E-state index in [0.29, 0.717) is 0 Å². The third-order valence-corrected chi connectivity index (χ3v) is 4.79. The number of aromatic nitrogens is 3. The van der Waals surface area contributed by atoms with Crippen LogP contribution in [0.2, 0.25) is 0 Å². The van der Waals surface area contributed by atoms with Crippen molar-refractivity contribution < 1.29 is 0 Å². The van der Waals surface area contributed by atoms with Gasteiger partial charge in [0.05, 0.1) is 5.69 Å². The normalized spacial score (nSPS) is 11.0. The van der Waals surface area contributed by atoms with Crippen LogP contribution >= 0.6 is 11.3 Å². The zero-order valence-corrected chi connectivity index (χ0v) is 19.1. The van der Waals surface area contributed by atoms with Gasteiger partial charge in [-0.25, -0.2) is 0 Å². The van der Waals surface area contributed by atoms with Crippen LogP contribution in [0.15, 0.2) is 66.1 Å². The van der Waals surface area contributed by atoms with Crippen LogP contribution in [0.1, 0.15) is 17.6 Å². The molecule has 3 aromatic rings. The molecule has 0 saturated carbocycles. The molecule has 160 valence electrons. The van der Waals surface area contributed by atoms with Crippen LogP contribution < -0.4 is 11.1 Å². The lowest BCUT2D eigenvalue weighted by atomic mass is 10.1. The number of hydrogen-bond donors (Lipinski definition) is 2. The maximum atomic E-state index is 4.59. The first kappa shape index (κ1) is 25.4. The molecule has 3 N–H and O–H groups in total. The van der Waals surface area contributed by atoms with E-state index in [9.17, 15) is 0 Å². The summed E-state index contributed by atoms with van der Waals surface area (Å²) >= 11 is 1.59. The fourth-order valence-electron chi connectivity index (χ4n) is 2.49. The quantitative estimate of drug-likeness (QED) is 0.337. The maximum absolute atomic E-state index is 4.59. The number of hydrogen-bond acceptors (Lipinski definition) is 7. The molecule has 0 saturated heterocycles. The van der Waals surface area contributed by atoms with E-state index in [1.54, 1.807) is 23.8 Å². The molecule has 3 rings (SSSR count). The Morgan fingerprint density at radius 1 is 1.19 bits per heavy atom. The van der Waals surface area contributed by atoms with Crippen molar-refractivity contribution in [3.8, 4) is 23.4 Å². The average Bonchev–Trinajstić information content (AvgIpc) is 3.26. The van der Waals surface area contributed by atoms with Crippen molar-refractivity contribution in [3.05, 3.63) is 71.8 Å². The van der Waals surface area contributed by atoms with Crippen molar-refractivity contribution in [2.75, 3.05) is 14.1 Å². The van der Waals surface area contributed by atoms with Gasteiger partial charge < -0.3 is 11.1 Å². The second kappa shape index (κ2) is 13.6. The number of nitrogens with two attached hydrogens (primary N) is 1. The number of aliphatic imine (C=N–C) groups is 1. The standard InChI is InChI=1S/C21H21N5S.C2H2.CH5N/c1-5-6-18(12-23-11-14(2)22-4)20-10-19-9-16(7-8-17(19)13-24-20)21-26-25-15(3)27-21;2*1-2/h5-13,22H,2H2,1,3-4H3;1-2H;2H2,1H3/b6-5-,18-12+,23-11?;;. The van der Waals surface area contributed by atoms with Crippen LogP contribution in [0.3, 0.4) is 0 Å². The Morgan fingerprint density at radius 2 is 1.94 bits per heavy atom. The first-order valence-corrected chi connectivity index (χ1v) is 10.3. The van der Waals surface area contributed by atoms with Crippen LogP contribution in [0.5, 0.6) is 0 Å². The van der Waals surface area contributed by atoms with Crippen molar-refractivity contribution >= 4 is 33.9 Å². The fraction of sp³-hybridized carbons (Fsp3) is 0.167. The first-order chi connectivity index (χ1) is 15.1. The molecule has 0 aliphatic carbocycles. The lowest BCUT2D eigenvalue weighted by Crippen LogP contribution is -2.04. The van der Waals surface area contributed by atoms with Crippen LogP contribution in [0, 0.1) is 19.8 Å². The van der Waals surface area contributed by atoms with Gasteiger partial charge in [-0.05, 0) is 38.4 Å². The minimum Gasteiger partial charge on any atom is -0.387 e. The van der Waals surface area contributed by atoms with Crippen LogP contribution in [-0.2, 0) is 0 Å². The highest BCUT2D eigenvalue weighted by atomic mass is 32.1. The Bertz CT molecular complexity index is 1110. The molecule has 7 heteroatoms. The lowest BCUT2D eigenvalue weighted by molar-refractivity contribution is 1.05. The van der Waals surface area contributed by atoms with Crippen molar-refractivity contribution in [1.29, 1.82) is 0 Å². The number of nitrogens with one attached hydrogen (secondary N) is 1. The zero-order valence-electron chi connectivity index (χ0n) is 18.3. The van der Waals surface area contributed by atoms with E-state index in [-0.39, 0.29) is 0 Å². The molecule has 0 fully saturated rings. The highest BCUT2D eigenvalue weighted by molar-refractivity contribution is 7.14. The highest BCUT2D eigenvalue weighted by Gasteiger charge is 2.07. The fourth-order valence-corrected chi connectivity index (χ4v) is 3.18. The van der Waals surface area contributed by atoms with Gasteiger partial charge in [-0.1, -0.05) is 42.2 Å². The summed E-state index contributed by atoms with van der Waals surface area (Å²) in [7, 11) is 3.31. The van der Waals surface area contributed by atoms with Crippen molar-refractivity contribution in [3.63, 3.8) is 0 Å². The second-order valence-corrected chi connectivity index (χ2v) is 7.08. The molecular formula is C24H28N6S. The SMILES string of the molecule is C#C.C=C(C=N/C=C(\C=C/C)c1cc2cc(-c3nnc(C)s3)ccc2cn1)NC.CN. The minimum absolute atomic E-state index is 0.745. The van der Waals surface area contributed by atoms with Gasteiger partial charge in [0.2, 0.25) is 0 Å². The third kappa shape index (κ3) is 7.30. The molecule has 2 heterocycles. The summed E-state index contributed by atoms with van der Waals surface area (Å²) in [5.74, 6) is 0. The van der Waals surface area contributed by atoms with Crippen molar-refractivity contribution in [2.24, 2.45) is 10.7 Å². The molecule has 1 aromatic carbocycles. The summed E-state index contributed by atoms with van der Waals surface area (Å²) < 4.78 is 0. The summed E-state index contributed by atoms with van der Waals surface area (Å²) in [5.41, 5.74) is 8.09. The van der Waals surface area contributed by atoms with Gasteiger partial charge in [-0.3, -0.25) is 9.98 Å². The molecule has 0 spiro atoms. The highest BCUT2D eigenvalue weighted by Crippen LogP contribution is 2.28. The van der Waals surface area contributed by atoms with Gasteiger partial charge >= 0.3 is 0 Å². The molecule has 0 unspecified atom stereocenters. The molecule has 0 aliphatic rings. The lowest BCUT2D eigenvalue weighted by Gasteiger charge is -2.05. The zero-order chi connectivity index (χ0) is 23.2. The van der Waals surface area contributed by atoms with E-state index < -0.39 is 0 Å². The Hall–Kier alpha value is -3.60. The summed E-state index contributed by atoms with van der Waals surface area (Å²) in [6, 6.07) is 8.31. The monoisotopic (exact) mass is 432 g/mol. The number of allylic oxidation sites excluding steroid dienone is 4. The Balaban J connectivity index is 0.00000113. The Morgan fingerprint density at radius 3 is 2.55 bits per heavy atom. The number of benzene rings is 1. The van der Waals surface area contributed by atoms with Crippen molar-refractivity contribution in [2.45, 2.75) is 13.8 Å². The van der Waals surface area contributed by atoms with E-state index in [1.807, 2.05) is 39.2 Å². The molecule has 31 heavy (non-hydrogen) atoms. The molecule has 0 amide bonds. The van der Waals surface area contributed by atoms with Gasteiger partial charge in [0.1, 0.15) is 10.0 Å². The smallest absolute Gasteiger partial charge is 0.147 e. The first-order valence-electron chi connectivity index (χ1n) is 9.45. The van der Waals surface area contributed by atoms with Crippen LogP contribution in [0.4, 0.5) is 0 Å². The number of rotatable bonds is 6.